The molecule has 8 heteroatoms. The molecule has 0 fully saturated rings. The van der Waals surface area contributed by atoms with Crippen molar-refractivity contribution in [2.24, 2.45) is 0 Å². The number of aliphatic carboxylic acids is 1. The first-order chi connectivity index (χ1) is 6.78. The maximum Gasteiger partial charge on any atom is 0.408 e. The first kappa shape index (κ1) is 11.8. The molecule has 0 atom stereocenters. The van der Waals surface area contributed by atoms with Crippen molar-refractivity contribution in [3.8, 4) is 0 Å². The minimum atomic E-state index is -4.41. The fraction of sp³-hybridized carbons (Fsp3) is 0.429. The van der Waals surface area contributed by atoms with Crippen LogP contribution in [-0.4, -0.2) is 27.0 Å². The van der Waals surface area contributed by atoms with Crippen molar-refractivity contribution in [2.75, 3.05) is 0 Å². The highest BCUT2D eigenvalue weighted by Crippen LogP contribution is 2.20. The third kappa shape index (κ3) is 3.78. The lowest BCUT2D eigenvalue weighted by Gasteiger charge is -2.04. The van der Waals surface area contributed by atoms with Gasteiger partial charge in [-0.25, -0.2) is 0 Å². The summed E-state index contributed by atoms with van der Waals surface area (Å²) in [6, 6.07) is 0. The average Bonchev–Trinajstić information content (AvgIpc) is 2.26. The number of hydrogen-bond donors (Lipinski definition) is 1. The molecular weight excluding hydrogens is 237 g/mol. The van der Waals surface area contributed by atoms with E-state index in [4.69, 9.17) is 16.7 Å². The van der Waals surface area contributed by atoms with E-state index in [1.807, 2.05) is 0 Å². The Kier molecular flexibility index (Phi) is 3.23. The van der Waals surface area contributed by atoms with Gasteiger partial charge in [0, 0.05) is 6.20 Å². The minimum Gasteiger partial charge on any atom is -0.481 e. The topological polar surface area (TPSA) is 55.1 Å². The van der Waals surface area contributed by atoms with Crippen LogP contribution in [0.4, 0.5) is 13.2 Å². The van der Waals surface area contributed by atoms with Gasteiger partial charge in [0.15, 0.2) is 0 Å². The standard InChI is InChI=1S/C7H6ClF3N2O2/c8-4-2-13(3-7(9,10)11)12-5(4)1-6(14)15/h2H,1,3H2,(H,14,15). The molecule has 15 heavy (non-hydrogen) atoms. The van der Waals surface area contributed by atoms with Crippen molar-refractivity contribution in [3.05, 3.63) is 16.9 Å². The van der Waals surface area contributed by atoms with Crippen LogP contribution >= 0.6 is 11.6 Å². The van der Waals surface area contributed by atoms with Crippen LogP contribution in [0.5, 0.6) is 0 Å². The van der Waals surface area contributed by atoms with E-state index in [9.17, 15) is 18.0 Å². The number of rotatable bonds is 3. The van der Waals surface area contributed by atoms with Gasteiger partial charge in [-0.15, -0.1) is 0 Å². The van der Waals surface area contributed by atoms with Crippen LogP contribution in [0.25, 0.3) is 0 Å². The highest BCUT2D eigenvalue weighted by Gasteiger charge is 2.29. The van der Waals surface area contributed by atoms with Crippen molar-refractivity contribution in [2.45, 2.75) is 19.1 Å². The normalized spacial score (nSPS) is 11.7. The van der Waals surface area contributed by atoms with Gasteiger partial charge in [-0.2, -0.15) is 18.3 Å². The summed E-state index contributed by atoms with van der Waals surface area (Å²) in [5, 5.41) is 11.7. The number of aromatic nitrogens is 2. The molecule has 1 heterocycles. The van der Waals surface area contributed by atoms with Crippen molar-refractivity contribution in [1.82, 2.24) is 9.78 Å². The van der Waals surface area contributed by atoms with Crippen LogP contribution in [0.3, 0.4) is 0 Å². The first-order valence-corrected chi connectivity index (χ1v) is 4.16. The molecule has 0 saturated heterocycles. The van der Waals surface area contributed by atoms with Crippen LogP contribution < -0.4 is 0 Å². The Morgan fingerprint density at radius 2 is 2.20 bits per heavy atom. The lowest BCUT2D eigenvalue weighted by atomic mass is 10.3. The van der Waals surface area contributed by atoms with Gasteiger partial charge in [-0.3, -0.25) is 9.48 Å². The predicted octanol–water partition coefficient (Wildman–Crippen LogP) is 1.73. The van der Waals surface area contributed by atoms with Crippen LogP contribution in [0.1, 0.15) is 5.69 Å². The Hall–Kier alpha value is -1.24. The molecule has 0 spiro atoms. The summed E-state index contributed by atoms with van der Waals surface area (Å²) in [5.74, 6) is -1.20. The summed E-state index contributed by atoms with van der Waals surface area (Å²) in [6.45, 7) is -1.29. The number of nitrogens with zero attached hydrogens (tertiary/aromatic N) is 2. The molecule has 0 aliphatic rings. The zero-order valence-corrected chi connectivity index (χ0v) is 8.01. The van der Waals surface area contributed by atoms with Crippen LogP contribution in [0, 0.1) is 0 Å². The van der Waals surface area contributed by atoms with Crippen LogP contribution in [0.15, 0.2) is 6.20 Å². The van der Waals surface area contributed by atoms with E-state index < -0.39 is 25.1 Å². The Balaban J connectivity index is 2.81. The van der Waals surface area contributed by atoms with Crippen molar-refractivity contribution in [3.63, 3.8) is 0 Å². The predicted molar refractivity (Wildman–Crippen MR) is 44.6 cm³/mol. The maximum absolute atomic E-state index is 11.9. The van der Waals surface area contributed by atoms with Gasteiger partial charge in [0.25, 0.3) is 0 Å². The third-order valence-corrected chi connectivity index (χ3v) is 1.76. The third-order valence-electron chi connectivity index (χ3n) is 1.45. The summed E-state index contributed by atoms with van der Waals surface area (Å²) < 4.78 is 36.3. The fourth-order valence-corrected chi connectivity index (χ4v) is 1.18. The fourth-order valence-electron chi connectivity index (χ4n) is 0.965. The van der Waals surface area contributed by atoms with E-state index in [1.165, 1.54) is 0 Å². The van der Waals surface area contributed by atoms with Gasteiger partial charge in [0.05, 0.1) is 17.1 Å². The second-order valence-electron chi connectivity index (χ2n) is 2.81. The maximum atomic E-state index is 11.9. The molecule has 1 aromatic rings. The van der Waals surface area contributed by atoms with E-state index in [1.54, 1.807) is 0 Å². The molecule has 0 aliphatic heterocycles. The first-order valence-electron chi connectivity index (χ1n) is 3.78. The van der Waals surface area contributed by atoms with Gasteiger partial charge >= 0.3 is 12.1 Å². The highest BCUT2D eigenvalue weighted by molar-refractivity contribution is 6.31. The molecule has 84 valence electrons. The molecular formula is C7H6ClF3N2O2. The number of halogens is 4. The number of alkyl halides is 3. The van der Waals surface area contributed by atoms with Gasteiger partial charge in [-0.1, -0.05) is 11.6 Å². The van der Waals surface area contributed by atoms with E-state index >= 15 is 0 Å². The van der Waals surface area contributed by atoms with Crippen molar-refractivity contribution < 1.29 is 23.1 Å². The molecule has 1 aromatic heterocycles. The van der Waals surface area contributed by atoms with Gasteiger partial charge in [-0.05, 0) is 0 Å². The summed E-state index contributed by atoms with van der Waals surface area (Å²) in [6.07, 6.45) is -3.95. The molecule has 0 radical (unpaired) electrons. The number of carboxylic acid groups (broad SMARTS) is 1. The van der Waals surface area contributed by atoms with Crippen LogP contribution in [0.2, 0.25) is 5.02 Å². The Morgan fingerprint density at radius 1 is 1.60 bits per heavy atom. The van der Waals surface area contributed by atoms with Crippen molar-refractivity contribution in [1.29, 1.82) is 0 Å². The molecule has 0 bridgehead atoms. The Labute approximate surface area is 87.3 Å². The largest absolute Gasteiger partial charge is 0.481 e. The number of carboxylic acids is 1. The molecule has 4 nitrogen and oxygen atoms in total. The van der Waals surface area contributed by atoms with Gasteiger partial charge in [0.2, 0.25) is 0 Å². The molecule has 0 saturated carbocycles. The SMILES string of the molecule is O=C(O)Cc1nn(CC(F)(F)F)cc1Cl. The zero-order chi connectivity index (χ0) is 11.6. The van der Waals surface area contributed by atoms with E-state index in [0.717, 1.165) is 6.20 Å². The summed E-state index contributed by atoms with van der Waals surface area (Å²) in [4.78, 5) is 10.3. The minimum absolute atomic E-state index is 0.0755. The van der Waals surface area contributed by atoms with E-state index in [-0.39, 0.29) is 10.7 Å². The van der Waals surface area contributed by atoms with Crippen LogP contribution in [-0.2, 0) is 17.8 Å². The summed E-state index contributed by atoms with van der Waals surface area (Å²) in [7, 11) is 0. The van der Waals surface area contributed by atoms with E-state index in [2.05, 4.69) is 5.10 Å². The molecule has 1 N–H and O–H groups in total. The van der Waals surface area contributed by atoms with Crippen molar-refractivity contribution >= 4 is 17.6 Å². The van der Waals surface area contributed by atoms with Gasteiger partial charge < -0.3 is 5.11 Å². The summed E-state index contributed by atoms with van der Waals surface area (Å²) >= 11 is 5.50. The number of carbonyl (C=O) groups is 1. The molecule has 0 aromatic carbocycles. The lowest BCUT2D eigenvalue weighted by Crippen LogP contribution is -2.18. The second-order valence-corrected chi connectivity index (χ2v) is 3.21. The summed E-state index contributed by atoms with van der Waals surface area (Å²) in [5.41, 5.74) is -0.0755. The number of hydrogen-bond acceptors (Lipinski definition) is 2. The smallest absolute Gasteiger partial charge is 0.408 e. The molecule has 0 unspecified atom stereocenters. The quantitative estimate of drug-likeness (QED) is 0.878. The molecule has 0 aliphatic carbocycles. The zero-order valence-electron chi connectivity index (χ0n) is 7.25. The Bertz CT molecular complexity index is 375. The molecule has 0 amide bonds. The van der Waals surface area contributed by atoms with E-state index in [0.29, 0.717) is 4.68 Å². The Morgan fingerprint density at radius 3 is 2.67 bits per heavy atom. The lowest BCUT2D eigenvalue weighted by molar-refractivity contribution is -0.142. The monoisotopic (exact) mass is 242 g/mol. The molecule has 1 rings (SSSR count). The highest BCUT2D eigenvalue weighted by atomic mass is 35.5. The average molecular weight is 243 g/mol. The second kappa shape index (κ2) is 4.09. The van der Waals surface area contributed by atoms with Gasteiger partial charge in [0.1, 0.15) is 6.54 Å².